The molecular formula is C9H17NO6. The molecule has 2 fully saturated rings. The Morgan fingerprint density at radius 1 is 1.12 bits per heavy atom. The van der Waals surface area contributed by atoms with Crippen LogP contribution in [0.25, 0.3) is 0 Å². The fourth-order valence-corrected chi connectivity index (χ4v) is 2.11. The highest BCUT2D eigenvalue weighted by atomic mass is 17.1. The van der Waals surface area contributed by atoms with Crippen LogP contribution in [-0.4, -0.2) is 59.5 Å². The van der Waals surface area contributed by atoms with Gasteiger partial charge in [-0.05, 0) is 13.8 Å². The third-order valence-corrected chi connectivity index (χ3v) is 2.64. The second kappa shape index (κ2) is 4.92. The van der Waals surface area contributed by atoms with Gasteiger partial charge in [0.25, 0.3) is 0 Å². The van der Waals surface area contributed by atoms with E-state index in [0.29, 0.717) is 6.61 Å². The van der Waals surface area contributed by atoms with Crippen molar-refractivity contribution in [2.45, 2.75) is 44.4 Å². The van der Waals surface area contributed by atoms with E-state index in [4.69, 9.17) is 29.5 Å². The average Bonchev–Trinajstić information content (AvgIpc) is 2.70. The Kier molecular flexibility index (Phi) is 3.75. The first-order chi connectivity index (χ1) is 7.58. The fraction of sp³-hybridized carbons (Fsp3) is 1.00. The van der Waals surface area contributed by atoms with Gasteiger partial charge in [-0.2, -0.15) is 0 Å². The Morgan fingerprint density at radius 2 is 1.69 bits per heavy atom. The van der Waals surface area contributed by atoms with E-state index in [9.17, 15) is 0 Å². The molecule has 0 unspecified atom stereocenters. The molecule has 2 N–H and O–H groups in total. The molecular weight excluding hydrogens is 218 g/mol. The molecule has 0 aliphatic carbocycles. The van der Waals surface area contributed by atoms with Crippen molar-refractivity contribution < 1.29 is 29.5 Å². The van der Waals surface area contributed by atoms with Crippen LogP contribution in [0.15, 0.2) is 0 Å². The minimum absolute atomic E-state index is 0.100. The van der Waals surface area contributed by atoms with E-state index in [2.05, 4.69) is 0 Å². The van der Waals surface area contributed by atoms with Crippen LogP contribution in [0.4, 0.5) is 0 Å². The summed E-state index contributed by atoms with van der Waals surface area (Å²) in [6.45, 7) is 4.58. The van der Waals surface area contributed by atoms with Gasteiger partial charge >= 0.3 is 0 Å². The molecule has 94 valence electrons. The van der Waals surface area contributed by atoms with Crippen LogP contribution in [0.5, 0.6) is 0 Å². The first kappa shape index (κ1) is 12.2. The summed E-state index contributed by atoms with van der Waals surface area (Å²) in [7, 11) is 0. The van der Waals surface area contributed by atoms with Crippen molar-refractivity contribution in [3.8, 4) is 0 Å². The Morgan fingerprint density at radius 3 is 2.25 bits per heavy atom. The Hall–Kier alpha value is -0.280. The molecule has 2 saturated heterocycles. The summed E-state index contributed by atoms with van der Waals surface area (Å²) < 4.78 is 16.6. The maximum absolute atomic E-state index is 8.57. The van der Waals surface area contributed by atoms with Gasteiger partial charge in [0.1, 0.15) is 24.4 Å². The lowest BCUT2D eigenvalue weighted by Gasteiger charge is -2.19. The second-order valence-electron chi connectivity index (χ2n) is 4.22. The van der Waals surface area contributed by atoms with Crippen LogP contribution >= 0.6 is 0 Å². The van der Waals surface area contributed by atoms with Gasteiger partial charge < -0.3 is 14.2 Å². The fourth-order valence-electron chi connectivity index (χ4n) is 2.11. The van der Waals surface area contributed by atoms with E-state index in [1.807, 2.05) is 13.8 Å². The molecule has 2 aliphatic rings. The molecule has 16 heavy (non-hydrogen) atoms. The zero-order chi connectivity index (χ0) is 11.7. The molecule has 0 aromatic heterocycles. The number of fused-ring (bicyclic) bond motifs is 1. The van der Waals surface area contributed by atoms with Crippen molar-refractivity contribution in [2.75, 3.05) is 13.2 Å². The summed E-state index contributed by atoms with van der Waals surface area (Å²) in [5.41, 5.74) is 0. The molecule has 0 spiro atoms. The number of ether oxygens (including phenoxy) is 3. The largest absolute Gasteiger partial charge is 0.370 e. The summed E-state index contributed by atoms with van der Waals surface area (Å²) in [4.78, 5) is 4.72. The van der Waals surface area contributed by atoms with Gasteiger partial charge in [0.05, 0.1) is 24.7 Å². The second-order valence-corrected chi connectivity index (χ2v) is 4.22. The standard InChI is InChI=1S/C9H17NO6/c1-5(2)15-6-3-13-9-7(16-10(11)12)4-14-8(6)9/h5-9,11-12H,3-4H2,1-2H3/t6-,7+,8+,9+/m0/s1. The predicted octanol–water partition coefficient (Wildman–Crippen LogP) is -0.0418. The van der Waals surface area contributed by atoms with Gasteiger partial charge in [0, 0.05) is 0 Å². The number of nitrogens with zero attached hydrogens (tertiary/aromatic N) is 1. The van der Waals surface area contributed by atoms with Crippen molar-refractivity contribution >= 4 is 0 Å². The highest BCUT2D eigenvalue weighted by molar-refractivity contribution is 4.95. The topological polar surface area (TPSA) is 80.6 Å². The van der Waals surface area contributed by atoms with E-state index < -0.39 is 6.10 Å². The summed E-state index contributed by atoms with van der Waals surface area (Å²) in [5.74, 6) is 0. The number of hydrogen-bond acceptors (Lipinski definition) is 7. The van der Waals surface area contributed by atoms with Crippen LogP contribution in [0.3, 0.4) is 0 Å². The molecule has 2 heterocycles. The van der Waals surface area contributed by atoms with Crippen molar-refractivity contribution in [1.82, 2.24) is 5.39 Å². The van der Waals surface area contributed by atoms with E-state index in [-0.39, 0.29) is 36.4 Å². The lowest BCUT2D eigenvalue weighted by Crippen LogP contribution is -2.37. The third kappa shape index (κ3) is 2.51. The predicted molar refractivity (Wildman–Crippen MR) is 49.8 cm³/mol. The first-order valence-corrected chi connectivity index (χ1v) is 5.31. The zero-order valence-electron chi connectivity index (χ0n) is 9.28. The molecule has 0 bridgehead atoms. The van der Waals surface area contributed by atoms with Gasteiger partial charge in [-0.25, -0.2) is 4.84 Å². The number of hydrogen-bond donors (Lipinski definition) is 2. The molecule has 0 radical (unpaired) electrons. The van der Waals surface area contributed by atoms with Crippen LogP contribution in [0.2, 0.25) is 0 Å². The first-order valence-electron chi connectivity index (χ1n) is 5.31. The third-order valence-electron chi connectivity index (χ3n) is 2.64. The minimum atomic E-state index is -0.513. The molecule has 0 aromatic rings. The highest BCUT2D eigenvalue weighted by Gasteiger charge is 2.50. The SMILES string of the molecule is CC(C)O[C@H]1CO[C@H]2[C@@H]1OC[C@H]2ON(O)O. The summed E-state index contributed by atoms with van der Waals surface area (Å²) in [5, 5.41) is 16.8. The Balaban J connectivity index is 1.90. The smallest absolute Gasteiger partial charge is 0.136 e. The zero-order valence-corrected chi connectivity index (χ0v) is 9.28. The summed E-state index contributed by atoms with van der Waals surface area (Å²) in [6, 6.07) is 0. The normalized spacial score (nSPS) is 38.6. The van der Waals surface area contributed by atoms with Crippen LogP contribution < -0.4 is 0 Å². The maximum atomic E-state index is 8.57. The van der Waals surface area contributed by atoms with E-state index in [1.54, 1.807) is 0 Å². The molecule has 0 saturated carbocycles. The molecule has 4 atom stereocenters. The van der Waals surface area contributed by atoms with E-state index in [1.165, 1.54) is 0 Å². The van der Waals surface area contributed by atoms with Gasteiger partial charge in [0.2, 0.25) is 0 Å². The molecule has 7 nitrogen and oxygen atoms in total. The van der Waals surface area contributed by atoms with Gasteiger partial charge in [-0.3, -0.25) is 10.4 Å². The van der Waals surface area contributed by atoms with Crippen molar-refractivity contribution in [1.29, 1.82) is 0 Å². The van der Waals surface area contributed by atoms with Crippen LogP contribution in [-0.2, 0) is 19.0 Å². The van der Waals surface area contributed by atoms with Crippen molar-refractivity contribution in [3.05, 3.63) is 0 Å². The maximum Gasteiger partial charge on any atom is 0.136 e. The minimum Gasteiger partial charge on any atom is -0.370 e. The van der Waals surface area contributed by atoms with Crippen LogP contribution in [0, 0.1) is 0 Å². The lowest BCUT2D eigenvalue weighted by atomic mass is 10.1. The molecule has 7 heteroatoms. The monoisotopic (exact) mass is 235 g/mol. The number of rotatable bonds is 4. The Labute approximate surface area is 93.3 Å². The molecule has 2 aliphatic heterocycles. The summed E-state index contributed by atoms with van der Waals surface area (Å²) in [6.07, 6.45) is -1.05. The van der Waals surface area contributed by atoms with Crippen molar-refractivity contribution in [2.24, 2.45) is 0 Å². The molecule has 2 rings (SSSR count). The highest BCUT2D eigenvalue weighted by Crippen LogP contribution is 2.31. The van der Waals surface area contributed by atoms with Crippen molar-refractivity contribution in [3.63, 3.8) is 0 Å². The molecule has 0 aromatic carbocycles. The molecule has 0 amide bonds. The Bertz CT molecular complexity index is 212. The average molecular weight is 235 g/mol. The van der Waals surface area contributed by atoms with Gasteiger partial charge in [-0.1, -0.05) is 0 Å². The quantitative estimate of drug-likeness (QED) is 0.661. The summed E-state index contributed by atoms with van der Waals surface area (Å²) >= 11 is 0. The van der Waals surface area contributed by atoms with Gasteiger partial charge in [0.15, 0.2) is 0 Å². The van der Waals surface area contributed by atoms with E-state index >= 15 is 0 Å². The van der Waals surface area contributed by atoms with Gasteiger partial charge in [-0.15, -0.1) is 0 Å². The lowest BCUT2D eigenvalue weighted by molar-refractivity contribution is -0.507. The van der Waals surface area contributed by atoms with E-state index in [0.717, 1.165) is 0 Å². The van der Waals surface area contributed by atoms with Crippen LogP contribution in [0.1, 0.15) is 13.8 Å².